The Morgan fingerprint density at radius 2 is 2.58 bits per heavy atom. The summed E-state index contributed by atoms with van der Waals surface area (Å²) in [5, 5.41) is 7.64. The van der Waals surface area contributed by atoms with E-state index in [0.29, 0.717) is 6.04 Å². The first-order valence-electron chi connectivity index (χ1n) is 4.26. The number of rotatable bonds is 1. The molecule has 0 aliphatic carbocycles. The highest BCUT2D eigenvalue weighted by Gasteiger charge is 2.14. The number of nitrogens with zero attached hydrogens (tertiary/aromatic N) is 2. The van der Waals surface area contributed by atoms with Crippen molar-refractivity contribution in [2.45, 2.75) is 18.9 Å². The van der Waals surface area contributed by atoms with Gasteiger partial charge < -0.3 is 5.32 Å². The van der Waals surface area contributed by atoms with Crippen molar-refractivity contribution >= 4 is 15.9 Å². The third-order valence-electron chi connectivity index (χ3n) is 2.21. The Hall–Kier alpha value is -0.350. The van der Waals surface area contributed by atoms with Crippen molar-refractivity contribution < 1.29 is 0 Å². The third kappa shape index (κ3) is 1.69. The van der Waals surface area contributed by atoms with Gasteiger partial charge in [0.1, 0.15) is 0 Å². The molecule has 0 radical (unpaired) electrons. The summed E-state index contributed by atoms with van der Waals surface area (Å²) in [7, 11) is 0. The van der Waals surface area contributed by atoms with Crippen LogP contribution in [-0.2, 0) is 0 Å². The van der Waals surface area contributed by atoms with E-state index in [-0.39, 0.29) is 0 Å². The van der Waals surface area contributed by atoms with Gasteiger partial charge >= 0.3 is 0 Å². The van der Waals surface area contributed by atoms with Crippen LogP contribution in [0.15, 0.2) is 16.9 Å². The number of nitrogens with one attached hydrogen (secondary N) is 1. The molecule has 0 bridgehead atoms. The minimum absolute atomic E-state index is 0.546. The fourth-order valence-corrected chi connectivity index (χ4v) is 1.88. The highest BCUT2D eigenvalue weighted by atomic mass is 79.9. The smallest absolute Gasteiger partial charge is 0.0644 e. The van der Waals surface area contributed by atoms with Gasteiger partial charge in [-0.3, -0.25) is 4.68 Å². The van der Waals surface area contributed by atoms with Crippen molar-refractivity contribution in [2.75, 3.05) is 13.1 Å². The molecule has 1 fully saturated rings. The first-order chi connectivity index (χ1) is 5.86. The van der Waals surface area contributed by atoms with E-state index < -0.39 is 0 Å². The van der Waals surface area contributed by atoms with Crippen molar-refractivity contribution in [3.8, 4) is 0 Å². The molecule has 4 heteroatoms. The average Bonchev–Trinajstić information content (AvgIpc) is 2.54. The zero-order valence-electron chi connectivity index (χ0n) is 6.83. The standard InChI is InChI=1S/C8H12BrN3/c9-7-4-11-12(6-7)8-2-1-3-10-5-8/h4,6,8,10H,1-3,5H2/t8-/m0/s1. The zero-order valence-corrected chi connectivity index (χ0v) is 8.42. The molecule has 1 aromatic heterocycles. The molecule has 1 aliphatic heterocycles. The molecule has 3 nitrogen and oxygen atoms in total. The van der Waals surface area contributed by atoms with Gasteiger partial charge in [-0.05, 0) is 35.3 Å². The molecule has 2 heterocycles. The number of piperidine rings is 1. The molecule has 1 saturated heterocycles. The van der Waals surface area contributed by atoms with E-state index in [4.69, 9.17) is 0 Å². The molecule has 12 heavy (non-hydrogen) atoms. The number of hydrogen-bond acceptors (Lipinski definition) is 2. The van der Waals surface area contributed by atoms with Crippen LogP contribution in [0.4, 0.5) is 0 Å². The second-order valence-corrected chi connectivity index (χ2v) is 4.05. The molecular weight excluding hydrogens is 218 g/mol. The van der Waals surface area contributed by atoms with Gasteiger partial charge in [-0.1, -0.05) is 0 Å². The fourth-order valence-electron chi connectivity index (χ4n) is 1.57. The van der Waals surface area contributed by atoms with Gasteiger partial charge in [0, 0.05) is 12.7 Å². The molecule has 0 unspecified atom stereocenters. The summed E-state index contributed by atoms with van der Waals surface area (Å²) in [5.74, 6) is 0. The monoisotopic (exact) mass is 229 g/mol. The molecule has 0 saturated carbocycles. The summed E-state index contributed by atoms with van der Waals surface area (Å²) in [6.45, 7) is 2.20. The summed E-state index contributed by atoms with van der Waals surface area (Å²) >= 11 is 3.40. The van der Waals surface area contributed by atoms with Crippen LogP contribution < -0.4 is 5.32 Å². The van der Waals surface area contributed by atoms with E-state index in [1.165, 1.54) is 12.8 Å². The third-order valence-corrected chi connectivity index (χ3v) is 2.62. The van der Waals surface area contributed by atoms with E-state index in [1.54, 1.807) is 0 Å². The lowest BCUT2D eigenvalue weighted by Gasteiger charge is -2.22. The molecular formula is C8H12BrN3. The summed E-state index contributed by atoms with van der Waals surface area (Å²) in [6, 6.07) is 0.546. The Bertz CT molecular complexity index is 253. The Labute approximate surface area is 80.3 Å². The molecule has 1 atom stereocenters. The van der Waals surface area contributed by atoms with E-state index in [1.807, 2.05) is 17.1 Å². The Morgan fingerprint density at radius 3 is 3.17 bits per heavy atom. The van der Waals surface area contributed by atoms with Crippen LogP contribution in [0.25, 0.3) is 0 Å². The van der Waals surface area contributed by atoms with Gasteiger partial charge in [-0.25, -0.2) is 0 Å². The highest BCUT2D eigenvalue weighted by molar-refractivity contribution is 9.10. The summed E-state index contributed by atoms with van der Waals surface area (Å²) < 4.78 is 3.10. The lowest BCUT2D eigenvalue weighted by Crippen LogP contribution is -2.31. The molecule has 1 N–H and O–H groups in total. The molecule has 0 aromatic carbocycles. The normalized spacial score (nSPS) is 24.2. The van der Waals surface area contributed by atoms with Crippen molar-refractivity contribution in [3.63, 3.8) is 0 Å². The van der Waals surface area contributed by atoms with Crippen molar-refractivity contribution in [1.29, 1.82) is 0 Å². The quantitative estimate of drug-likeness (QED) is 0.793. The second kappa shape index (κ2) is 3.58. The first-order valence-corrected chi connectivity index (χ1v) is 5.06. The lowest BCUT2D eigenvalue weighted by atomic mass is 10.1. The van der Waals surface area contributed by atoms with Crippen LogP contribution in [-0.4, -0.2) is 22.9 Å². The van der Waals surface area contributed by atoms with Gasteiger partial charge in [0.05, 0.1) is 16.7 Å². The lowest BCUT2D eigenvalue weighted by molar-refractivity contribution is 0.346. The fraction of sp³-hybridized carbons (Fsp3) is 0.625. The van der Waals surface area contributed by atoms with Gasteiger partial charge in [0.15, 0.2) is 0 Å². The SMILES string of the molecule is Brc1cnn([C@H]2CCCNC2)c1. The Kier molecular flexibility index (Phi) is 2.46. The van der Waals surface area contributed by atoms with E-state index in [2.05, 4.69) is 26.3 Å². The van der Waals surface area contributed by atoms with Crippen LogP contribution in [0.5, 0.6) is 0 Å². The maximum atomic E-state index is 4.27. The second-order valence-electron chi connectivity index (χ2n) is 3.14. The molecule has 0 spiro atoms. The van der Waals surface area contributed by atoms with Crippen LogP contribution in [0.2, 0.25) is 0 Å². The minimum atomic E-state index is 0.546. The summed E-state index contributed by atoms with van der Waals surface area (Å²) in [4.78, 5) is 0. The van der Waals surface area contributed by atoms with E-state index in [9.17, 15) is 0 Å². The predicted molar refractivity (Wildman–Crippen MR) is 51.1 cm³/mol. The number of halogens is 1. The van der Waals surface area contributed by atoms with Crippen LogP contribution in [0, 0.1) is 0 Å². The molecule has 1 aromatic rings. The maximum absolute atomic E-state index is 4.27. The van der Waals surface area contributed by atoms with Gasteiger partial charge in [0.25, 0.3) is 0 Å². The first kappa shape index (κ1) is 8.26. The topological polar surface area (TPSA) is 29.9 Å². The van der Waals surface area contributed by atoms with Crippen molar-refractivity contribution in [1.82, 2.24) is 15.1 Å². The number of aromatic nitrogens is 2. The summed E-state index contributed by atoms with van der Waals surface area (Å²) in [6.07, 6.45) is 6.37. The van der Waals surface area contributed by atoms with E-state index in [0.717, 1.165) is 17.6 Å². The Morgan fingerprint density at radius 1 is 1.67 bits per heavy atom. The molecule has 1 aliphatic rings. The minimum Gasteiger partial charge on any atom is -0.315 e. The molecule has 2 rings (SSSR count). The highest BCUT2D eigenvalue weighted by Crippen LogP contribution is 2.17. The van der Waals surface area contributed by atoms with Crippen LogP contribution in [0.1, 0.15) is 18.9 Å². The van der Waals surface area contributed by atoms with Gasteiger partial charge in [0.2, 0.25) is 0 Å². The molecule has 0 amide bonds. The van der Waals surface area contributed by atoms with Gasteiger partial charge in [-0.15, -0.1) is 0 Å². The van der Waals surface area contributed by atoms with Crippen molar-refractivity contribution in [3.05, 3.63) is 16.9 Å². The number of hydrogen-bond donors (Lipinski definition) is 1. The maximum Gasteiger partial charge on any atom is 0.0644 e. The predicted octanol–water partition coefficient (Wildman–Crippen LogP) is 1.57. The Balaban J connectivity index is 2.08. The van der Waals surface area contributed by atoms with E-state index >= 15 is 0 Å². The largest absolute Gasteiger partial charge is 0.315 e. The summed E-state index contributed by atoms with van der Waals surface area (Å²) in [5.41, 5.74) is 0. The average molecular weight is 230 g/mol. The zero-order chi connectivity index (χ0) is 8.39. The van der Waals surface area contributed by atoms with Crippen LogP contribution in [0.3, 0.4) is 0 Å². The van der Waals surface area contributed by atoms with Crippen molar-refractivity contribution in [2.24, 2.45) is 0 Å². The molecule has 66 valence electrons. The van der Waals surface area contributed by atoms with Crippen LogP contribution >= 0.6 is 15.9 Å². The van der Waals surface area contributed by atoms with Gasteiger partial charge in [-0.2, -0.15) is 5.10 Å².